The Balaban J connectivity index is 1.36. The van der Waals surface area contributed by atoms with Crippen molar-refractivity contribution in [1.82, 2.24) is 5.32 Å². The van der Waals surface area contributed by atoms with Gasteiger partial charge in [0.25, 0.3) is 0 Å². The van der Waals surface area contributed by atoms with Gasteiger partial charge in [0.15, 0.2) is 0 Å². The predicted octanol–water partition coefficient (Wildman–Crippen LogP) is 3.33. The van der Waals surface area contributed by atoms with Crippen LogP contribution < -0.4 is 19.7 Å². The van der Waals surface area contributed by atoms with Crippen molar-refractivity contribution < 1.29 is 19.1 Å². The predicted molar refractivity (Wildman–Crippen MR) is 112 cm³/mol. The fraction of sp³-hybridized carbons (Fsp3) is 0.391. The van der Waals surface area contributed by atoms with Crippen molar-refractivity contribution in [3.05, 3.63) is 54.1 Å². The number of ether oxygens (including phenoxy) is 2. The first kappa shape index (κ1) is 20.7. The largest absolute Gasteiger partial charge is 0.497 e. The van der Waals surface area contributed by atoms with Crippen LogP contribution in [0.5, 0.6) is 11.5 Å². The maximum absolute atomic E-state index is 12.4. The van der Waals surface area contributed by atoms with Gasteiger partial charge in [0.2, 0.25) is 11.8 Å². The number of nitrogens with zero attached hydrogens (tertiary/aromatic N) is 1. The number of carbonyl (C=O) groups excluding carboxylic acids is 2. The fourth-order valence-electron chi connectivity index (χ4n) is 3.30. The van der Waals surface area contributed by atoms with Crippen LogP contribution in [-0.2, 0) is 9.59 Å². The first-order chi connectivity index (χ1) is 14.1. The molecule has 2 amide bonds. The molecule has 0 radical (unpaired) electrons. The van der Waals surface area contributed by atoms with E-state index in [0.29, 0.717) is 19.7 Å². The number of methoxy groups -OCH3 is 1. The van der Waals surface area contributed by atoms with Crippen molar-refractivity contribution in [1.29, 1.82) is 0 Å². The van der Waals surface area contributed by atoms with Gasteiger partial charge in [-0.25, -0.2) is 0 Å². The molecule has 2 aromatic carbocycles. The molecule has 1 heterocycles. The Hall–Kier alpha value is -3.02. The Morgan fingerprint density at radius 2 is 1.76 bits per heavy atom. The van der Waals surface area contributed by atoms with Crippen molar-refractivity contribution in [3.8, 4) is 11.5 Å². The number of rotatable bonds is 9. The van der Waals surface area contributed by atoms with Gasteiger partial charge >= 0.3 is 0 Å². The summed E-state index contributed by atoms with van der Waals surface area (Å²) < 4.78 is 10.8. The molecule has 1 saturated heterocycles. The van der Waals surface area contributed by atoms with Gasteiger partial charge in [0, 0.05) is 25.2 Å². The summed E-state index contributed by atoms with van der Waals surface area (Å²) in [6, 6.07) is 15.3. The lowest BCUT2D eigenvalue weighted by atomic mass is 10.1. The highest BCUT2D eigenvalue weighted by atomic mass is 16.5. The van der Waals surface area contributed by atoms with Crippen molar-refractivity contribution in [2.75, 3.05) is 31.7 Å². The maximum Gasteiger partial charge on any atom is 0.227 e. The summed E-state index contributed by atoms with van der Waals surface area (Å²) >= 11 is 0. The molecule has 1 atom stereocenters. The van der Waals surface area contributed by atoms with Gasteiger partial charge in [-0.05, 0) is 56.2 Å². The van der Waals surface area contributed by atoms with Crippen LogP contribution in [0, 0.1) is 12.8 Å². The monoisotopic (exact) mass is 396 g/mol. The normalized spacial score (nSPS) is 16.0. The van der Waals surface area contributed by atoms with E-state index in [0.717, 1.165) is 30.0 Å². The highest BCUT2D eigenvalue weighted by Crippen LogP contribution is 2.26. The Morgan fingerprint density at radius 3 is 2.45 bits per heavy atom. The number of hydrogen-bond donors (Lipinski definition) is 1. The van der Waals surface area contributed by atoms with E-state index < -0.39 is 0 Å². The third kappa shape index (κ3) is 5.73. The molecule has 1 aliphatic rings. The van der Waals surface area contributed by atoms with E-state index in [9.17, 15) is 9.59 Å². The molecule has 1 unspecified atom stereocenters. The van der Waals surface area contributed by atoms with E-state index in [1.54, 1.807) is 12.0 Å². The summed E-state index contributed by atoms with van der Waals surface area (Å²) in [5, 5.41) is 2.95. The number of aryl methyl sites for hydroxylation is 1. The van der Waals surface area contributed by atoms with Crippen LogP contribution >= 0.6 is 0 Å². The van der Waals surface area contributed by atoms with Crippen LogP contribution in [0.4, 0.5) is 5.69 Å². The van der Waals surface area contributed by atoms with Crippen LogP contribution in [0.25, 0.3) is 0 Å². The summed E-state index contributed by atoms with van der Waals surface area (Å²) in [6.45, 7) is 3.66. The molecule has 1 aliphatic heterocycles. The smallest absolute Gasteiger partial charge is 0.227 e. The van der Waals surface area contributed by atoms with Gasteiger partial charge in [0.1, 0.15) is 11.5 Å². The molecular weight excluding hydrogens is 368 g/mol. The van der Waals surface area contributed by atoms with Crippen molar-refractivity contribution in [2.45, 2.75) is 26.2 Å². The average molecular weight is 396 g/mol. The van der Waals surface area contributed by atoms with Gasteiger partial charge in [-0.15, -0.1) is 0 Å². The second-order valence-corrected chi connectivity index (χ2v) is 7.26. The summed E-state index contributed by atoms with van der Waals surface area (Å²) in [4.78, 5) is 26.4. The minimum atomic E-state index is -0.312. The van der Waals surface area contributed by atoms with Crippen LogP contribution in [-0.4, -0.2) is 38.6 Å². The van der Waals surface area contributed by atoms with Gasteiger partial charge in [-0.3, -0.25) is 9.59 Å². The third-order valence-corrected chi connectivity index (χ3v) is 5.04. The molecule has 154 valence electrons. The molecule has 1 fully saturated rings. The zero-order valence-corrected chi connectivity index (χ0v) is 17.0. The van der Waals surface area contributed by atoms with Crippen molar-refractivity contribution in [2.24, 2.45) is 5.92 Å². The molecule has 29 heavy (non-hydrogen) atoms. The highest BCUT2D eigenvalue weighted by Gasteiger charge is 2.34. The topological polar surface area (TPSA) is 67.9 Å². The van der Waals surface area contributed by atoms with E-state index in [-0.39, 0.29) is 24.2 Å². The lowest BCUT2D eigenvalue weighted by Crippen LogP contribution is -2.33. The minimum Gasteiger partial charge on any atom is -0.497 e. The molecule has 0 aliphatic carbocycles. The number of amides is 2. The molecule has 6 nitrogen and oxygen atoms in total. The van der Waals surface area contributed by atoms with E-state index >= 15 is 0 Å². The van der Waals surface area contributed by atoms with Crippen LogP contribution in [0.3, 0.4) is 0 Å². The van der Waals surface area contributed by atoms with E-state index in [4.69, 9.17) is 9.47 Å². The number of anilines is 1. The molecule has 0 aromatic heterocycles. The Morgan fingerprint density at radius 1 is 1.07 bits per heavy atom. The lowest BCUT2D eigenvalue weighted by molar-refractivity contribution is -0.126. The van der Waals surface area contributed by atoms with E-state index in [1.807, 2.05) is 55.5 Å². The van der Waals surface area contributed by atoms with E-state index in [1.165, 1.54) is 5.56 Å². The first-order valence-corrected chi connectivity index (χ1v) is 9.98. The Bertz CT molecular complexity index is 818. The quantitative estimate of drug-likeness (QED) is 0.660. The van der Waals surface area contributed by atoms with Crippen molar-refractivity contribution in [3.63, 3.8) is 0 Å². The van der Waals surface area contributed by atoms with Crippen LogP contribution in [0.15, 0.2) is 48.5 Å². The van der Waals surface area contributed by atoms with Crippen LogP contribution in [0.1, 0.15) is 24.8 Å². The molecule has 0 bridgehead atoms. The molecule has 6 heteroatoms. The van der Waals surface area contributed by atoms with Crippen molar-refractivity contribution >= 4 is 17.5 Å². The lowest BCUT2D eigenvalue weighted by Gasteiger charge is -2.17. The van der Waals surface area contributed by atoms with Gasteiger partial charge < -0.3 is 19.7 Å². The molecule has 0 saturated carbocycles. The molecule has 1 N–H and O–H groups in total. The summed E-state index contributed by atoms with van der Waals surface area (Å²) in [6.07, 6.45) is 1.94. The summed E-state index contributed by atoms with van der Waals surface area (Å²) in [7, 11) is 1.60. The van der Waals surface area contributed by atoms with E-state index in [2.05, 4.69) is 5.32 Å². The van der Waals surface area contributed by atoms with Gasteiger partial charge in [0.05, 0.1) is 19.6 Å². The Kier molecular flexibility index (Phi) is 7.11. The summed E-state index contributed by atoms with van der Waals surface area (Å²) in [5.74, 6) is 1.20. The number of nitrogens with one attached hydrogen (secondary N) is 1. The molecular formula is C23H28N2O4. The van der Waals surface area contributed by atoms with Gasteiger partial charge in [-0.1, -0.05) is 17.7 Å². The van der Waals surface area contributed by atoms with Gasteiger partial charge in [-0.2, -0.15) is 0 Å². The first-order valence-electron chi connectivity index (χ1n) is 9.98. The fourth-order valence-corrected chi connectivity index (χ4v) is 3.30. The number of carbonyl (C=O) groups is 2. The molecule has 3 rings (SSSR count). The third-order valence-electron chi connectivity index (χ3n) is 5.04. The second-order valence-electron chi connectivity index (χ2n) is 7.26. The SMILES string of the molecule is COc1ccc(N2CC(C(=O)NCCCCOc3ccc(C)cc3)CC2=O)cc1. The Labute approximate surface area is 171 Å². The number of unbranched alkanes of at least 4 members (excludes halogenated alkanes) is 1. The highest BCUT2D eigenvalue weighted by molar-refractivity contribution is 6.00. The second kappa shape index (κ2) is 9.96. The molecule has 2 aromatic rings. The molecule has 0 spiro atoms. The minimum absolute atomic E-state index is 0.0261. The zero-order chi connectivity index (χ0) is 20.6. The number of hydrogen-bond acceptors (Lipinski definition) is 4. The zero-order valence-electron chi connectivity index (χ0n) is 17.0. The average Bonchev–Trinajstić information content (AvgIpc) is 3.13. The summed E-state index contributed by atoms with van der Waals surface area (Å²) in [5.41, 5.74) is 2.00. The standard InChI is InChI=1S/C23H28N2O4/c1-17-5-9-21(10-6-17)29-14-4-3-13-24-23(27)18-15-22(26)25(16-18)19-7-11-20(28-2)12-8-19/h5-12,18H,3-4,13-16H2,1-2H3,(H,24,27). The van der Waals surface area contributed by atoms with Crippen LogP contribution in [0.2, 0.25) is 0 Å². The maximum atomic E-state index is 12.4. The number of benzene rings is 2.